The first-order valence-electron chi connectivity index (χ1n) is 7.05. The number of hydrogen-bond donors (Lipinski definition) is 1. The molecule has 1 saturated heterocycles. The zero-order valence-corrected chi connectivity index (χ0v) is 12.6. The Kier molecular flexibility index (Phi) is 5.15. The fraction of sp³-hybridized carbons (Fsp3) is 0.786. The number of aryl methyl sites for hydroxylation is 2. The highest BCUT2D eigenvalue weighted by molar-refractivity contribution is 7.11. The van der Waals surface area contributed by atoms with Crippen molar-refractivity contribution in [1.29, 1.82) is 0 Å². The van der Waals surface area contributed by atoms with Crippen LogP contribution in [0.15, 0.2) is 0 Å². The van der Waals surface area contributed by atoms with Crippen LogP contribution in [0, 0.1) is 19.8 Å². The Morgan fingerprint density at radius 3 is 2.61 bits per heavy atom. The fourth-order valence-corrected chi connectivity index (χ4v) is 3.64. The second-order valence-electron chi connectivity index (χ2n) is 5.26. The monoisotopic (exact) mass is 267 g/mol. The molecule has 2 heterocycles. The summed E-state index contributed by atoms with van der Waals surface area (Å²) >= 11 is 1.85. The van der Waals surface area contributed by atoms with Gasteiger partial charge in [0.15, 0.2) is 0 Å². The van der Waals surface area contributed by atoms with Gasteiger partial charge in [-0.1, -0.05) is 6.92 Å². The van der Waals surface area contributed by atoms with Crippen LogP contribution in [0.3, 0.4) is 0 Å². The molecular formula is C14H25N3S. The average Bonchev–Trinajstić information content (AvgIpc) is 2.68. The number of piperidine rings is 1. The number of nitrogens with zero attached hydrogens (tertiary/aromatic N) is 2. The predicted octanol–water partition coefficient (Wildman–Crippen LogP) is 2.58. The molecule has 1 aromatic heterocycles. The van der Waals surface area contributed by atoms with Gasteiger partial charge in [0, 0.05) is 18.0 Å². The van der Waals surface area contributed by atoms with Crippen molar-refractivity contribution < 1.29 is 0 Å². The molecule has 0 atom stereocenters. The lowest BCUT2D eigenvalue weighted by Gasteiger charge is -2.29. The van der Waals surface area contributed by atoms with Crippen molar-refractivity contribution >= 4 is 11.3 Å². The Hall–Kier alpha value is -0.450. The number of nitrogens with one attached hydrogen (secondary N) is 1. The third-order valence-electron chi connectivity index (χ3n) is 3.79. The van der Waals surface area contributed by atoms with Crippen LogP contribution in [0.4, 0.5) is 0 Å². The van der Waals surface area contributed by atoms with E-state index in [1.54, 1.807) is 0 Å². The van der Waals surface area contributed by atoms with Crippen LogP contribution in [0.2, 0.25) is 0 Å². The molecule has 0 unspecified atom stereocenters. The standard InChI is InChI=1S/C14H25N3S/c1-4-17(9-13-5-7-15-8-6-13)10-14-11(2)16-12(3)18-14/h13,15H,4-10H2,1-3H3. The van der Waals surface area contributed by atoms with Gasteiger partial charge in [-0.05, 0) is 52.2 Å². The summed E-state index contributed by atoms with van der Waals surface area (Å²) in [6.45, 7) is 12.4. The van der Waals surface area contributed by atoms with E-state index in [4.69, 9.17) is 0 Å². The quantitative estimate of drug-likeness (QED) is 0.889. The molecule has 102 valence electrons. The topological polar surface area (TPSA) is 28.2 Å². The largest absolute Gasteiger partial charge is 0.317 e. The molecule has 1 aromatic rings. The van der Waals surface area contributed by atoms with E-state index < -0.39 is 0 Å². The summed E-state index contributed by atoms with van der Waals surface area (Å²) < 4.78 is 0. The normalized spacial score (nSPS) is 17.6. The molecule has 1 fully saturated rings. The van der Waals surface area contributed by atoms with Crippen molar-refractivity contribution in [3.63, 3.8) is 0 Å². The molecule has 2 rings (SSSR count). The third-order valence-corrected chi connectivity index (χ3v) is 4.85. The zero-order chi connectivity index (χ0) is 13.0. The lowest BCUT2D eigenvalue weighted by atomic mass is 9.97. The summed E-state index contributed by atoms with van der Waals surface area (Å²) in [4.78, 5) is 8.55. The van der Waals surface area contributed by atoms with E-state index in [1.807, 2.05) is 11.3 Å². The van der Waals surface area contributed by atoms with E-state index in [0.29, 0.717) is 0 Å². The lowest BCUT2D eigenvalue weighted by molar-refractivity contribution is 0.208. The second-order valence-corrected chi connectivity index (χ2v) is 6.55. The molecule has 1 N–H and O–H groups in total. The number of thiazole rings is 1. The Morgan fingerprint density at radius 1 is 1.33 bits per heavy atom. The first kappa shape index (κ1) is 14.0. The zero-order valence-electron chi connectivity index (χ0n) is 11.8. The van der Waals surface area contributed by atoms with Gasteiger partial charge in [-0.25, -0.2) is 4.98 Å². The molecule has 0 aliphatic carbocycles. The molecule has 0 saturated carbocycles. The van der Waals surface area contributed by atoms with Crippen LogP contribution in [0.5, 0.6) is 0 Å². The SMILES string of the molecule is CCN(Cc1sc(C)nc1C)CC1CCNCC1. The number of rotatable bonds is 5. The molecule has 18 heavy (non-hydrogen) atoms. The molecular weight excluding hydrogens is 242 g/mol. The Labute approximate surface area is 115 Å². The Morgan fingerprint density at radius 2 is 2.06 bits per heavy atom. The molecule has 0 spiro atoms. The van der Waals surface area contributed by atoms with Gasteiger partial charge in [0.1, 0.15) is 0 Å². The van der Waals surface area contributed by atoms with Gasteiger partial charge < -0.3 is 5.32 Å². The van der Waals surface area contributed by atoms with E-state index in [9.17, 15) is 0 Å². The van der Waals surface area contributed by atoms with Gasteiger partial charge in [-0.2, -0.15) is 0 Å². The minimum absolute atomic E-state index is 0.875. The molecule has 1 aliphatic rings. The van der Waals surface area contributed by atoms with Crippen molar-refractivity contribution in [1.82, 2.24) is 15.2 Å². The lowest BCUT2D eigenvalue weighted by Crippen LogP contribution is -2.35. The fourth-order valence-electron chi connectivity index (χ4n) is 2.66. The maximum Gasteiger partial charge on any atom is 0.0900 e. The highest BCUT2D eigenvalue weighted by atomic mass is 32.1. The molecule has 4 heteroatoms. The number of hydrogen-bond acceptors (Lipinski definition) is 4. The van der Waals surface area contributed by atoms with Crippen LogP contribution in [0.25, 0.3) is 0 Å². The van der Waals surface area contributed by atoms with Gasteiger partial charge in [0.2, 0.25) is 0 Å². The molecule has 0 aromatic carbocycles. The summed E-state index contributed by atoms with van der Waals surface area (Å²) in [5.74, 6) is 0.875. The van der Waals surface area contributed by atoms with Crippen molar-refractivity contribution in [2.75, 3.05) is 26.2 Å². The van der Waals surface area contributed by atoms with Crippen LogP contribution in [0.1, 0.15) is 35.3 Å². The van der Waals surface area contributed by atoms with Gasteiger partial charge in [0.25, 0.3) is 0 Å². The first-order valence-corrected chi connectivity index (χ1v) is 7.86. The minimum atomic E-state index is 0.875. The molecule has 0 amide bonds. The average molecular weight is 267 g/mol. The van der Waals surface area contributed by atoms with Crippen LogP contribution < -0.4 is 5.32 Å². The maximum atomic E-state index is 4.53. The van der Waals surface area contributed by atoms with E-state index in [1.165, 1.54) is 48.1 Å². The Bertz CT molecular complexity index is 369. The van der Waals surface area contributed by atoms with Crippen molar-refractivity contribution in [3.05, 3.63) is 15.6 Å². The molecule has 0 bridgehead atoms. The molecule has 1 aliphatic heterocycles. The van der Waals surface area contributed by atoms with Crippen molar-refractivity contribution in [2.24, 2.45) is 5.92 Å². The molecule has 3 nitrogen and oxygen atoms in total. The summed E-state index contributed by atoms with van der Waals surface area (Å²) in [5.41, 5.74) is 1.22. The van der Waals surface area contributed by atoms with Crippen LogP contribution in [-0.2, 0) is 6.54 Å². The van der Waals surface area contributed by atoms with Gasteiger partial charge in [-0.3, -0.25) is 4.90 Å². The smallest absolute Gasteiger partial charge is 0.0900 e. The van der Waals surface area contributed by atoms with Crippen LogP contribution in [-0.4, -0.2) is 36.1 Å². The highest BCUT2D eigenvalue weighted by Gasteiger charge is 2.17. The number of aromatic nitrogens is 1. The highest BCUT2D eigenvalue weighted by Crippen LogP contribution is 2.21. The first-order chi connectivity index (χ1) is 8.69. The van der Waals surface area contributed by atoms with Crippen molar-refractivity contribution in [3.8, 4) is 0 Å². The summed E-state index contributed by atoms with van der Waals surface area (Å²) in [7, 11) is 0. The van der Waals surface area contributed by atoms with Gasteiger partial charge in [-0.15, -0.1) is 11.3 Å². The molecule has 0 radical (unpaired) electrons. The van der Waals surface area contributed by atoms with E-state index in [0.717, 1.165) is 19.0 Å². The van der Waals surface area contributed by atoms with Gasteiger partial charge >= 0.3 is 0 Å². The van der Waals surface area contributed by atoms with E-state index >= 15 is 0 Å². The van der Waals surface area contributed by atoms with Crippen molar-refractivity contribution in [2.45, 2.75) is 40.2 Å². The van der Waals surface area contributed by atoms with Crippen LogP contribution >= 0.6 is 11.3 Å². The van der Waals surface area contributed by atoms with E-state index in [-0.39, 0.29) is 0 Å². The Balaban J connectivity index is 1.90. The third kappa shape index (κ3) is 3.77. The van der Waals surface area contributed by atoms with E-state index in [2.05, 4.69) is 36.0 Å². The second kappa shape index (κ2) is 6.64. The summed E-state index contributed by atoms with van der Waals surface area (Å²) in [6, 6.07) is 0. The maximum absolute atomic E-state index is 4.53. The minimum Gasteiger partial charge on any atom is -0.317 e. The summed E-state index contributed by atoms with van der Waals surface area (Å²) in [5, 5.41) is 4.64. The van der Waals surface area contributed by atoms with Gasteiger partial charge in [0.05, 0.1) is 10.7 Å². The predicted molar refractivity (Wildman–Crippen MR) is 78.1 cm³/mol. The summed E-state index contributed by atoms with van der Waals surface area (Å²) in [6.07, 6.45) is 2.66.